The number of hydrazine groups is 1. The van der Waals surface area contributed by atoms with Crippen LogP contribution in [0.3, 0.4) is 0 Å². The molecule has 1 aromatic heterocycles. The van der Waals surface area contributed by atoms with Crippen LogP contribution in [0.5, 0.6) is 11.5 Å². The number of methoxy groups -OCH3 is 1. The molecule has 6 unspecified atom stereocenters. The molecule has 3 heterocycles. The number of thiophene rings is 1. The Balaban J connectivity index is 1.31. The first-order chi connectivity index (χ1) is 24.1. The van der Waals surface area contributed by atoms with Crippen LogP contribution in [0.4, 0.5) is 5.69 Å². The molecule has 4 aromatic rings. The van der Waals surface area contributed by atoms with E-state index < -0.39 is 46.8 Å². The van der Waals surface area contributed by atoms with Gasteiger partial charge in [-0.05, 0) is 83.8 Å². The second-order valence-electron chi connectivity index (χ2n) is 13.1. The van der Waals surface area contributed by atoms with Crippen molar-refractivity contribution in [1.29, 1.82) is 0 Å². The molecule has 1 saturated carbocycles. The van der Waals surface area contributed by atoms with E-state index in [1.54, 1.807) is 61.7 Å². The smallest absolute Gasteiger partial charge is 0.260 e. The summed E-state index contributed by atoms with van der Waals surface area (Å²) in [4.78, 5) is 60.4. The molecule has 254 valence electrons. The van der Waals surface area contributed by atoms with E-state index in [1.807, 2.05) is 29.7 Å². The molecule has 0 bridgehead atoms. The maximum atomic E-state index is 15.3. The predicted molar refractivity (Wildman–Crippen MR) is 189 cm³/mol. The van der Waals surface area contributed by atoms with Crippen molar-refractivity contribution in [2.45, 2.75) is 30.7 Å². The van der Waals surface area contributed by atoms with E-state index in [1.165, 1.54) is 22.3 Å². The van der Waals surface area contributed by atoms with Crippen LogP contribution >= 0.6 is 34.5 Å². The lowest BCUT2D eigenvalue weighted by Gasteiger charge is -2.50. The molecule has 0 spiro atoms. The normalized spacial score (nSPS) is 27.2. The van der Waals surface area contributed by atoms with Crippen molar-refractivity contribution in [1.82, 2.24) is 9.91 Å². The first-order valence-corrected chi connectivity index (χ1v) is 17.9. The zero-order chi connectivity index (χ0) is 34.9. The molecule has 0 radical (unpaired) electrons. The zero-order valence-electron chi connectivity index (χ0n) is 26.7. The van der Waals surface area contributed by atoms with Crippen LogP contribution in [0.2, 0.25) is 10.0 Å². The largest absolute Gasteiger partial charge is 0.508 e. The summed E-state index contributed by atoms with van der Waals surface area (Å²) in [6, 6.07) is 22.3. The van der Waals surface area contributed by atoms with Gasteiger partial charge in [0.2, 0.25) is 11.8 Å². The number of halogens is 2. The van der Waals surface area contributed by atoms with E-state index in [2.05, 4.69) is 5.43 Å². The summed E-state index contributed by atoms with van der Waals surface area (Å²) in [5.74, 6) is -4.45. The fraction of sp³-hybridized carbons (Fsp3) is 0.263. The number of anilines is 1. The van der Waals surface area contributed by atoms with E-state index in [-0.39, 0.29) is 35.6 Å². The number of allylic oxidation sites excluding steroid dienone is 2. The summed E-state index contributed by atoms with van der Waals surface area (Å²) in [6.45, 7) is 0.191. The van der Waals surface area contributed by atoms with Gasteiger partial charge >= 0.3 is 0 Å². The average Bonchev–Trinajstić information content (AvgIpc) is 3.77. The summed E-state index contributed by atoms with van der Waals surface area (Å²) in [7, 11) is 1.55. The number of likely N-dealkylation sites (tertiary alicyclic amines) is 1. The number of carbonyl (C=O) groups excluding carboxylic acids is 4. The number of hydrogen-bond acceptors (Lipinski definition) is 8. The number of amides is 4. The molecule has 3 aromatic carbocycles. The van der Waals surface area contributed by atoms with Crippen LogP contribution in [0.15, 0.2) is 95.9 Å². The van der Waals surface area contributed by atoms with Gasteiger partial charge in [0.25, 0.3) is 11.8 Å². The van der Waals surface area contributed by atoms with E-state index in [4.69, 9.17) is 27.9 Å². The Morgan fingerprint density at radius 3 is 2.44 bits per heavy atom. The van der Waals surface area contributed by atoms with Crippen LogP contribution in [0, 0.1) is 23.7 Å². The third-order valence-electron chi connectivity index (χ3n) is 10.8. The number of imide groups is 2. The van der Waals surface area contributed by atoms with Crippen LogP contribution in [-0.4, -0.2) is 45.8 Å². The molecule has 3 fully saturated rings. The molecule has 2 saturated heterocycles. The van der Waals surface area contributed by atoms with Gasteiger partial charge in [-0.2, -0.15) is 5.01 Å². The van der Waals surface area contributed by atoms with Crippen molar-refractivity contribution in [2.24, 2.45) is 23.7 Å². The van der Waals surface area contributed by atoms with E-state index in [9.17, 15) is 19.5 Å². The van der Waals surface area contributed by atoms with E-state index >= 15 is 4.79 Å². The van der Waals surface area contributed by atoms with Crippen molar-refractivity contribution < 1.29 is 29.0 Å². The molecular weight excluding hydrogens is 697 g/mol. The van der Waals surface area contributed by atoms with Gasteiger partial charge in [0.15, 0.2) is 0 Å². The molecule has 9 nitrogen and oxygen atoms in total. The second-order valence-corrected chi connectivity index (χ2v) is 15.0. The summed E-state index contributed by atoms with van der Waals surface area (Å²) in [6.07, 6.45) is 2.45. The topological polar surface area (TPSA) is 116 Å². The number of fused-ring (bicyclic) bond motifs is 4. The van der Waals surface area contributed by atoms with Crippen LogP contribution in [0.25, 0.3) is 0 Å². The number of phenolic OH excluding ortho intramolecular Hbond substituents is 1. The van der Waals surface area contributed by atoms with E-state index in [0.29, 0.717) is 34.0 Å². The number of rotatable bonds is 7. The predicted octanol–water partition coefficient (Wildman–Crippen LogP) is 6.95. The lowest BCUT2D eigenvalue weighted by molar-refractivity contribution is -0.141. The standard InChI is InChI=1S/C38H31Cl2N3O6S/c1-49-24-10-7-21(8-11-24)38-29(35(46)43(37(38)48)41-31-14-9-22(39)17-30(31)40)18-28-26(33(38)20-4-2-5-23(44)16-20)12-13-27-32(28)36(47)42(34(27)45)19-25-6-3-15-50-25/h2-12,14-17,27-29,32-33,41,44H,13,18-19H2,1H3. The highest BCUT2D eigenvalue weighted by atomic mass is 35.5. The summed E-state index contributed by atoms with van der Waals surface area (Å²) < 4.78 is 5.45. The average molecular weight is 729 g/mol. The van der Waals surface area contributed by atoms with Crippen LogP contribution < -0.4 is 10.2 Å². The number of nitrogens with zero attached hydrogens (tertiary/aromatic N) is 2. The van der Waals surface area contributed by atoms with Crippen molar-refractivity contribution in [3.05, 3.63) is 122 Å². The number of ether oxygens (including phenoxy) is 1. The van der Waals surface area contributed by atoms with Crippen molar-refractivity contribution in [2.75, 3.05) is 12.5 Å². The highest BCUT2D eigenvalue weighted by molar-refractivity contribution is 7.09. The lowest BCUT2D eigenvalue weighted by Crippen LogP contribution is -2.53. The minimum absolute atomic E-state index is 0.00529. The van der Waals surface area contributed by atoms with Crippen molar-refractivity contribution in [3.63, 3.8) is 0 Å². The van der Waals surface area contributed by atoms with Gasteiger partial charge in [-0.1, -0.05) is 65.2 Å². The molecule has 8 rings (SSSR count). The third-order valence-corrected chi connectivity index (χ3v) is 12.2. The van der Waals surface area contributed by atoms with Crippen molar-refractivity contribution in [3.8, 4) is 11.5 Å². The van der Waals surface area contributed by atoms with Gasteiger partial charge in [-0.25, -0.2) is 0 Å². The van der Waals surface area contributed by atoms with Gasteiger partial charge in [0.05, 0.1) is 47.5 Å². The van der Waals surface area contributed by atoms with Crippen LogP contribution in [-0.2, 0) is 31.1 Å². The molecule has 2 aliphatic carbocycles. The van der Waals surface area contributed by atoms with Gasteiger partial charge < -0.3 is 9.84 Å². The second kappa shape index (κ2) is 12.3. The number of hydrogen-bond donors (Lipinski definition) is 2. The van der Waals surface area contributed by atoms with Crippen molar-refractivity contribution >= 4 is 63.9 Å². The lowest BCUT2D eigenvalue weighted by atomic mass is 9.49. The first-order valence-electron chi connectivity index (χ1n) is 16.2. The maximum absolute atomic E-state index is 15.3. The zero-order valence-corrected chi connectivity index (χ0v) is 29.0. The van der Waals surface area contributed by atoms with Gasteiger partial charge in [-0.15, -0.1) is 11.3 Å². The van der Waals surface area contributed by atoms with Gasteiger partial charge in [0, 0.05) is 15.8 Å². The molecule has 2 N–H and O–H groups in total. The third kappa shape index (κ3) is 4.87. The Labute approximate surface area is 302 Å². The number of benzene rings is 3. The Morgan fingerprint density at radius 2 is 1.74 bits per heavy atom. The molecule has 2 aliphatic heterocycles. The first kappa shape index (κ1) is 32.6. The highest BCUT2D eigenvalue weighted by Crippen LogP contribution is 2.64. The molecule has 12 heteroatoms. The van der Waals surface area contributed by atoms with Gasteiger partial charge in [-0.3, -0.25) is 29.5 Å². The Morgan fingerprint density at radius 1 is 0.940 bits per heavy atom. The number of carbonyl (C=O) groups is 4. The summed E-state index contributed by atoms with van der Waals surface area (Å²) in [5.41, 5.74) is 3.80. The number of nitrogens with one attached hydrogen (secondary N) is 1. The molecular formula is C38H31Cl2N3O6S. The summed E-state index contributed by atoms with van der Waals surface area (Å²) in [5, 5.41) is 14.3. The molecule has 4 amide bonds. The maximum Gasteiger partial charge on any atom is 0.260 e. The quantitative estimate of drug-likeness (QED) is 0.156. The molecule has 50 heavy (non-hydrogen) atoms. The number of aromatic hydroxyl groups is 1. The monoisotopic (exact) mass is 727 g/mol. The Bertz CT molecular complexity index is 2090. The van der Waals surface area contributed by atoms with Gasteiger partial charge in [0.1, 0.15) is 11.5 Å². The number of phenols is 1. The fourth-order valence-corrected chi connectivity index (χ4v) is 9.85. The Hall–Kier alpha value is -4.64. The summed E-state index contributed by atoms with van der Waals surface area (Å²) >= 11 is 14.2. The highest BCUT2D eigenvalue weighted by Gasteiger charge is 2.70. The van der Waals surface area contributed by atoms with E-state index in [0.717, 1.165) is 15.5 Å². The van der Waals surface area contributed by atoms with Crippen LogP contribution in [0.1, 0.15) is 34.8 Å². The minimum Gasteiger partial charge on any atom is -0.508 e. The molecule has 4 aliphatic rings. The fourth-order valence-electron chi connectivity index (χ4n) is 8.70. The Kier molecular flexibility index (Phi) is 8.01. The SMILES string of the molecule is COc1ccc(C23C(=O)N(Nc4ccc(Cl)cc4Cl)C(=O)C2CC2C(=CCC4C(=O)N(Cc5cccs5)C(=O)C42)C3c2cccc(O)c2)cc1. The minimum atomic E-state index is -1.50. The molecule has 6 atom stereocenters.